The highest BCUT2D eigenvalue weighted by Gasteiger charge is 2.31. The molecule has 0 saturated heterocycles. The summed E-state index contributed by atoms with van der Waals surface area (Å²) in [6.07, 6.45) is 3.29. The van der Waals surface area contributed by atoms with Crippen molar-refractivity contribution in [3.8, 4) is 5.75 Å². The van der Waals surface area contributed by atoms with Gasteiger partial charge in [0.25, 0.3) is 0 Å². The Morgan fingerprint density at radius 3 is 2.08 bits per heavy atom. The molecule has 51 heavy (non-hydrogen) atoms. The third-order valence-electron chi connectivity index (χ3n) is 8.15. The fourth-order valence-corrected chi connectivity index (χ4v) is 5.59. The minimum absolute atomic E-state index is 0.0256. The molecule has 3 rings (SSSR count). The maximum atomic E-state index is 13.9. The summed E-state index contributed by atoms with van der Waals surface area (Å²) in [5.74, 6) is -4.37. The third kappa shape index (κ3) is 13.1. The predicted molar refractivity (Wildman–Crippen MR) is 190 cm³/mol. The van der Waals surface area contributed by atoms with Crippen molar-refractivity contribution in [1.82, 2.24) is 31.6 Å². The second-order valence-electron chi connectivity index (χ2n) is 12.9. The smallest absolute Gasteiger partial charge is 0.326 e. The number of hydrogen-bond donors (Lipinski definition) is 9. The van der Waals surface area contributed by atoms with E-state index in [2.05, 4.69) is 31.6 Å². The van der Waals surface area contributed by atoms with Crippen LogP contribution in [0.4, 0.5) is 0 Å². The average Bonchev–Trinajstić information content (AvgIpc) is 3.48. The first-order valence-electron chi connectivity index (χ1n) is 17.0. The molecule has 10 N–H and O–H groups in total. The number of nitrogens with one attached hydrogen (secondary N) is 6. The number of carboxylic acids is 1. The zero-order valence-electron chi connectivity index (χ0n) is 29.2. The number of unbranched alkanes of at least 4 members (excludes halogenated alkanes) is 1. The maximum absolute atomic E-state index is 13.9. The zero-order chi connectivity index (χ0) is 37.5. The first-order valence-corrected chi connectivity index (χ1v) is 17.0. The van der Waals surface area contributed by atoms with E-state index < -0.39 is 66.2 Å². The molecule has 2 aromatic carbocycles. The number of carbonyl (C=O) groups excluding carboxylic acids is 5. The molecular weight excluding hydrogens is 658 g/mol. The van der Waals surface area contributed by atoms with Gasteiger partial charge in [-0.2, -0.15) is 0 Å². The minimum Gasteiger partial charge on any atom is -0.508 e. The van der Waals surface area contributed by atoms with E-state index in [1.165, 1.54) is 19.1 Å². The van der Waals surface area contributed by atoms with Crippen LogP contribution in [0.3, 0.4) is 0 Å². The van der Waals surface area contributed by atoms with Gasteiger partial charge in [-0.1, -0.05) is 44.2 Å². The topological polar surface area (TPSA) is 245 Å². The van der Waals surface area contributed by atoms with Crippen LogP contribution in [-0.4, -0.2) is 88.0 Å². The molecule has 0 aliphatic carbocycles. The van der Waals surface area contributed by atoms with Gasteiger partial charge in [-0.3, -0.25) is 24.0 Å². The highest BCUT2D eigenvalue weighted by atomic mass is 16.4. The van der Waals surface area contributed by atoms with Crippen molar-refractivity contribution in [2.45, 2.75) is 83.5 Å². The highest BCUT2D eigenvalue weighted by molar-refractivity contribution is 5.95. The van der Waals surface area contributed by atoms with Crippen LogP contribution < -0.4 is 32.3 Å². The minimum atomic E-state index is -1.20. The summed E-state index contributed by atoms with van der Waals surface area (Å²) >= 11 is 0. The van der Waals surface area contributed by atoms with E-state index in [1.54, 1.807) is 18.3 Å². The third-order valence-corrected chi connectivity index (χ3v) is 8.15. The SMILES string of the molecule is CC(=O)N[C@@H](Cc1ccc(O)cc1)C(=O)NCC(=O)N[C@@H](Cc1c[nH]c2ccccc12)C(=O)N[C@@H](CC(C)C)C(=O)N[C@@H](CCCCN)C(=O)O. The zero-order valence-corrected chi connectivity index (χ0v) is 29.2. The summed E-state index contributed by atoms with van der Waals surface area (Å²) in [4.78, 5) is 80.4. The lowest BCUT2D eigenvalue weighted by Gasteiger charge is -2.26. The van der Waals surface area contributed by atoms with Crippen molar-refractivity contribution >= 4 is 46.4 Å². The first-order chi connectivity index (χ1) is 24.3. The van der Waals surface area contributed by atoms with E-state index in [0.29, 0.717) is 30.5 Å². The van der Waals surface area contributed by atoms with Crippen LogP contribution in [0.1, 0.15) is 57.6 Å². The van der Waals surface area contributed by atoms with Crippen molar-refractivity contribution in [3.05, 3.63) is 65.9 Å². The molecule has 0 aliphatic heterocycles. The number of phenols is 1. The van der Waals surface area contributed by atoms with Crippen LogP contribution in [0.2, 0.25) is 0 Å². The van der Waals surface area contributed by atoms with Crippen molar-refractivity contribution in [2.75, 3.05) is 13.1 Å². The van der Waals surface area contributed by atoms with Gasteiger partial charge in [-0.25, -0.2) is 4.79 Å². The van der Waals surface area contributed by atoms with Gasteiger partial charge in [0, 0.05) is 36.9 Å². The molecule has 0 spiro atoms. The van der Waals surface area contributed by atoms with E-state index in [4.69, 9.17) is 5.73 Å². The van der Waals surface area contributed by atoms with Gasteiger partial charge in [-0.05, 0) is 67.5 Å². The normalized spacial score (nSPS) is 13.4. The Labute approximate surface area is 296 Å². The number of benzene rings is 2. The molecule has 0 fully saturated rings. The van der Waals surface area contributed by atoms with Gasteiger partial charge in [0.15, 0.2) is 0 Å². The van der Waals surface area contributed by atoms with Gasteiger partial charge < -0.3 is 47.5 Å². The molecule has 15 nitrogen and oxygen atoms in total. The average molecular weight is 708 g/mol. The summed E-state index contributed by atoms with van der Waals surface area (Å²) in [5.41, 5.74) is 7.72. The van der Waals surface area contributed by atoms with E-state index >= 15 is 0 Å². The number of carboxylic acid groups (broad SMARTS) is 1. The lowest BCUT2D eigenvalue weighted by atomic mass is 10.00. The number of phenolic OH excluding ortho intramolecular Hbond substituents is 1. The van der Waals surface area contributed by atoms with Crippen molar-refractivity contribution in [1.29, 1.82) is 0 Å². The lowest BCUT2D eigenvalue weighted by Crippen LogP contribution is -2.57. The fraction of sp³-hybridized carbons (Fsp3) is 0.444. The summed E-state index contributed by atoms with van der Waals surface area (Å²) in [7, 11) is 0. The maximum Gasteiger partial charge on any atom is 0.326 e. The number of hydrogen-bond acceptors (Lipinski definition) is 8. The number of para-hydroxylation sites is 1. The second kappa shape index (κ2) is 19.7. The molecule has 276 valence electrons. The van der Waals surface area contributed by atoms with Crippen LogP contribution in [0.15, 0.2) is 54.7 Å². The van der Waals surface area contributed by atoms with E-state index in [1.807, 2.05) is 38.1 Å². The van der Waals surface area contributed by atoms with E-state index in [-0.39, 0.29) is 37.4 Å². The van der Waals surface area contributed by atoms with Crippen molar-refractivity contribution in [2.24, 2.45) is 11.7 Å². The van der Waals surface area contributed by atoms with Gasteiger partial charge in [0.1, 0.15) is 29.9 Å². The molecule has 0 aliphatic rings. The molecule has 3 aromatic rings. The molecular formula is C36H49N7O8. The molecule has 0 radical (unpaired) electrons. The predicted octanol–water partition coefficient (Wildman–Crippen LogP) is 0.994. The fourth-order valence-electron chi connectivity index (χ4n) is 5.59. The van der Waals surface area contributed by atoms with Gasteiger partial charge in [-0.15, -0.1) is 0 Å². The molecule has 5 amide bonds. The molecule has 1 aromatic heterocycles. The molecule has 4 atom stereocenters. The molecule has 1 heterocycles. The van der Waals surface area contributed by atoms with E-state index in [9.17, 15) is 39.0 Å². The van der Waals surface area contributed by atoms with E-state index in [0.717, 1.165) is 10.9 Å². The molecule has 0 saturated carbocycles. The van der Waals surface area contributed by atoms with Gasteiger partial charge in [0.05, 0.1) is 6.54 Å². The number of aliphatic carboxylic acids is 1. The largest absolute Gasteiger partial charge is 0.508 e. The molecule has 15 heteroatoms. The standard InChI is InChI=1S/C36H49N7O8/c1-21(2)16-29(34(48)42-28(36(50)51)10-6-7-15-37)43-35(49)31(18-24-19-38-27-9-5-4-8-26(24)27)41-32(46)20-39-33(47)30(40-22(3)44)17-23-11-13-25(45)14-12-23/h4-5,8-9,11-14,19,21,28-31,38,45H,6-7,10,15-18,20,37H2,1-3H3,(H,39,47)(H,40,44)(H,41,46)(H,42,48)(H,43,49)(H,50,51)/t28-,29-,30-,31-/m0/s1. The van der Waals surface area contributed by atoms with Crippen LogP contribution in [0.25, 0.3) is 10.9 Å². The highest BCUT2D eigenvalue weighted by Crippen LogP contribution is 2.20. The number of rotatable bonds is 20. The van der Waals surface area contributed by atoms with Crippen molar-refractivity contribution in [3.63, 3.8) is 0 Å². The summed E-state index contributed by atoms with van der Waals surface area (Å²) < 4.78 is 0. The first kappa shape index (κ1) is 40.0. The van der Waals surface area contributed by atoms with Gasteiger partial charge >= 0.3 is 5.97 Å². The van der Waals surface area contributed by atoms with Crippen LogP contribution in [-0.2, 0) is 41.6 Å². The Hall–Kier alpha value is -5.44. The summed E-state index contributed by atoms with van der Waals surface area (Å²) in [6.45, 7) is 4.82. The Bertz CT molecular complexity index is 1660. The number of nitrogens with two attached hydrogens (primary N) is 1. The Kier molecular flexibility index (Phi) is 15.4. The summed E-state index contributed by atoms with van der Waals surface area (Å²) in [5, 5.41) is 33.1. The Morgan fingerprint density at radius 2 is 1.43 bits per heavy atom. The quantitative estimate of drug-likeness (QED) is 0.0760. The Balaban J connectivity index is 1.78. The number of aromatic hydroxyl groups is 1. The van der Waals surface area contributed by atoms with Crippen LogP contribution >= 0.6 is 0 Å². The number of amides is 5. The number of H-pyrrole nitrogens is 1. The van der Waals surface area contributed by atoms with Crippen molar-refractivity contribution < 1.29 is 39.0 Å². The molecule has 0 bridgehead atoms. The molecule has 0 unspecified atom stereocenters. The van der Waals surface area contributed by atoms with Crippen LogP contribution in [0.5, 0.6) is 5.75 Å². The van der Waals surface area contributed by atoms with Crippen LogP contribution in [0, 0.1) is 5.92 Å². The second-order valence-corrected chi connectivity index (χ2v) is 12.9. The number of aromatic amines is 1. The monoisotopic (exact) mass is 707 g/mol. The summed E-state index contributed by atoms with van der Waals surface area (Å²) in [6, 6.07) is 9.03. The van der Waals surface area contributed by atoms with Gasteiger partial charge in [0.2, 0.25) is 29.5 Å². The number of carbonyl (C=O) groups is 6. The number of fused-ring (bicyclic) bond motifs is 1. The number of aromatic nitrogens is 1. The Morgan fingerprint density at radius 1 is 0.784 bits per heavy atom. The lowest BCUT2D eigenvalue weighted by molar-refractivity contribution is -0.142.